The number of nitrogens with one attached hydrogen (secondary N) is 2. The van der Waals surface area contributed by atoms with Crippen LogP contribution in [0, 0.1) is 5.82 Å². The number of benzene rings is 1. The van der Waals surface area contributed by atoms with Crippen molar-refractivity contribution in [2.75, 3.05) is 18.4 Å². The molecule has 2 N–H and O–H groups in total. The van der Waals surface area contributed by atoms with Crippen LogP contribution in [-0.2, 0) is 9.59 Å². The number of anilines is 1. The van der Waals surface area contributed by atoms with Gasteiger partial charge in [-0.2, -0.15) is 0 Å². The van der Waals surface area contributed by atoms with Gasteiger partial charge in [-0.1, -0.05) is 6.07 Å². The van der Waals surface area contributed by atoms with Crippen molar-refractivity contribution in [2.45, 2.75) is 31.2 Å². The van der Waals surface area contributed by atoms with Crippen molar-refractivity contribution in [3.63, 3.8) is 0 Å². The average molecular weight is 385 g/mol. The van der Waals surface area contributed by atoms with Gasteiger partial charge in [-0.05, 0) is 42.7 Å². The maximum Gasteiger partial charge on any atom is 0.289 e. The lowest BCUT2D eigenvalue weighted by molar-refractivity contribution is -0.127. The van der Waals surface area contributed by atoms with Crippen LogP contribution < -0.4 is 10.6 Å². The van der Waals surface area contributed by atoms with Gasteiger partial charge in [-0.15, -0.1) is 0 Å². The second-order valence-corrected chi connectivity index (χ2v) is 7.09. The molecule has 2 aromatic rings. The molecule has 28 heavy (non-hydrogen) atoms. The molecule has 0 saturated carbocycles. The predicted octanol–water partition coefficient (Wildman–Crippen LogP) is 2.27. The Morgan fingerprint density at radius 3 is 2.71 bits per heavy atom. The molecule has 0 spiro atoms. The molecule has 1 aromatic heterocycles. The molecule has 1 unspecified atom stereocenters. The highest BCUT2D eigenvalue weighted by molar-refractivity contribution is 6.01. The zero-order chi connectivity index (χ0) is 19.7. The van der Waals surface area contributed by atoms with Crippen molar-refractivity contribution in [2.24, 2.45) is 0 Å². The molecule has 146 valence electrons. The van der Waals surface area contributed by atoms with Crippen molar-refractivity contribution >= 4 is 23.4 Å². The molecule has 7 nitrogen and oxygen atoms in total. The van der Waals surface area contributed by atoms with E-state index in [-0.39, 0.29) is 30.2 Å². The third-order valence-electron chi connectivity index (χ3n) is 5.23. The van der Waals surface area contributed by atoms with Gasteiger partial charge in [-0.25, -0.2) is 4.39 Å². The maximum atomic E-state index is 13.4. The van der Waals surface area contributed by atoms with E-state index in [0.717, 1.165) is 0 Å². The standard InChI is InChI=1S/C20H20FN3O4/c21-12-3-4-14-15(11-18(25)23-16(14)10-12)19(26)22-13-5-7-24(8-6-13)20(27)17-2-1-9-28-17/h1-4,9-10,13,15H,5-8,11H2,(H,22,26)(H,23,25). The van der Waals surface area contributed by atoms with Gasteiger partial charge < -0.3 is 20.0 Å². The summed E-state index contributed by atoms with van der Waals surface area (Å²) in [5.74, 6) is -1.52. The zero-order valence-corrected chi connectivity index (χ0v) is 15.1. The highest BCUT2D eigenvalue weighted by Crippen LogP contribution is 2.33. The fourth-order valence-electron chi connectivity index (χ4n) is 3.76. The summed E-state index contributed by atoms with van der Waals surface area (Å²) in [5, 5.41) is 5.59. The van der Waals surface area contributed by atoms with Gasteiger partial charge >= 0.3 is 0 Å². The van der Waals surface area contributed by atoms with Gasteiger partial charge in [0.2, 0.25) is 11.8 Å². The van der Waals surface area contributed by atoms with Crippen LogP contribution in [-0.4, -0.2) is 41.8 Å². The third kappa shape index (κ3) is 3.62. The molecule has 0 radical (unpaired) electrons. The number of carbonyl (C=O) groups excluding carboxylic acids is 3. The van der Waals surface area contributed by atoms with Crippen LogP contribution in [0.25, 0.3) is 0 Å². The number of furan rings is 1. The second-order valence-electron chi connectivity index (χ2n) is 7.09. The largest absolute Gasteiger partial charge is 0.459 e. The molecular weight excluding hydrogens is 365 g/mol. The molecule has 1 saturated heterocycles. The van der Waals surface area contributed by atoms with Crippen LogP contribution in [0.1, 0.15) is 41.3 Å². The van der Waals surface area contributed by atoms with Gasteiger partial charge in [0.1, 0.15) is 5.82 Å². The van der Waals surface area contributed by atoms with Gasteiger partial charge in [-0.3, -0.25) is 14.4 Å². The topological polar surface area (TPSA) is 91.7 Å². The lowest BCUT2D eigenvalue weighted by Gasteiger charge is -2.33. The van der Waals surface area contributed by atoms with E-state index < -0.39 is 11.7 Å². The summed E-state index contributed by atoms with van der Waals surface area (Å²) in [6.07, 6.45) is 2.73. The Hall–Kier alpha value is -3.16. The average Bonchev–Trinajstić information content (AvgIpc) is 3.21. The number of piperidine rings is 1. The van der Waals surface area contributed by atoms with Crippen LogP contribution in [0.2, 0.25) is 0 Å². The van der Waals surface area contributed by atoms with E-state index >= 15 is 0 Å². The van der Waals surface area contributed by atoms with E-state index in [1.807, 2.05) is 0 Å². The number of likely N-dealkylation sites (tertiary alicyclic amines) is 1. The van der Waals surface area contributed by atoms with E-state index in [1.54, 1.807) is 23.1 Å². The first kappa shape index (κ1) is 18.2. The molecule has 0 bridgehead atoms. The lowest BCUT2D eigenvalue weighted by Crippen LogP contribution is -2.48. The fourth-order valence-corrected chi connectivity index (χ4v) is 3.76. The first-order valence-corrected chi connectivity index (χ1v) is 9.23. The SMILES string of the molecule is O=C1CC(C(=O)NC2CCN(C(=O)c3ccco3)CC2)c2ccc(F)cc2N1. The smallest absolute Gasteiger partial charge is 0.289 e. The van der Waals surface area contributed by atoms with E-state index in [1.165, 1.54) is 18.4 Å². The Kier molecular flexibility index (Phi) is 4.85. The van der Waals surface area contributed by atoms with Crippen LogP contribution in [0.4, 0.5) is 10.1 Å². The maximum absolute atomic E-state index is 13.4. The van der Waals surface area contributed by atoms with Crippen LogP contribution >= 0.6 is 0 Å². The summed E-state index contributed by atoms with van der Waals surface area (Å²) in [6, 6.07) is 7.27. The summed E-state index contributed by atoms with van der Waals surface area (Å²) >= 11 is 0. The highest BCUT2D eigenvalue weighted by Gasteiger charge is 2.33. The first-order chi connectivity index (χ1) is 13.5. The normalized spacial score (nSPS) is 19.7. The Balaban J connectivity index is 1.38. The summed E-state index contributed by atoms with van der Waals surface area (Å²) < 4.78 is 18.6. The van der Waals surface area contributed by atoms with Crippen molar-refractivity contribution < 1.29 is 23.2 Å². The summed E-state index contributed by atoms with van der Waals surface area (Å²) in [5.41, 5.74) is 0.958. The minimum absolute atomic E-state index is 0.0281. The van der Waals surface area contributed by atoms with Crippen LogP contribution in [0.3, 0.4) is 0 Å². The summed E-state index contributed by atoms with van der Waals surface area (Å²) in [6.45, 7) is 1.02. The molecule has 4 rings (SSSR count). The second kappa shape index (κ2) is 7.46. The predicted molar refractivity (Wildman–Crippen MR) is 98.2 cm³/mol. The molecule has 3 amide bonds. The molecule has 2 aliphatic heterocycles. The number of rotatable bonds is 3. The van der Waals surface area contributed by atoms with Gasteiger partial charge in [0.05, 0.1) is 12.2 Å². The Morgan fingerprint density at radius 2 is 2.00 bits per heavy atom. The Morgan fingerprint density at radius 1 is 1.21 bits per heavy atom. The zero-order valence-electron chi connectivity index (χ0n) is 15.1. The monoisotopic (exact) mass is 385 g/mol. The molecule has 1 aromatic carbocycles. The number of amides is 3. The summed E-state index contributed by atoms with van der Waals surface area (Å²) in [4.78, 5) is 38.7. The van der Waals surface area contributed by atoms with E-state index in [2.05, 4.69) is 10.6 Å². The molecule has 8 heteroatoms. The number of carbonyl (C=O) groups is 3. The number of hydrogen-bond donors (Lipinski definition) is 2. The minimum atomic E-state index is -0.646. The molecule has 0 aliphatic carbocycles. The third-order valence-corrected chi connectivity index (χ3v) is 5.23. The van der Waals surface area contributed by atoms with E-state index in [0.29, 0.717) is 42.9 Å². The molecule has 2 aliphatic rings. The Labute approximate surface area is 160 Å². The van der Waals surface area contributed by atoms with Crippen molar-refractivity contribution in [1.29, 1.82) is 0 Å². The van der Waals surface area contributed by atoms with Gasteiger partial charge in [0.15, 0.2) is 5.76 Å². The van der Waals surface area contributed by atoms with E-state index in [9.17, 15) is 18.8 Å². The number of halogens is 1. The highest BCUT2D eigenvalue weighted by atomic mass is 19.1. The van der Waals surface area contributed by atoms with E-state index in [4.69, 9.17) is 4.42 Å². The molecule has 1 fully saturated rings. The molecular formula is C20H20FN3O4. The van der Waals surface area contributed by atoms with Crippen LogP contribution in [0.15, 0.2) is 41.0 Å². The van der Waals surface area contributed by atoms with Crippen LogP contribution in [0.5, 0.6) is 0 Å². The summed E-state index contributed by atoms with van der Waals surface area (Å²) in [7, 11) is 0. The molecule has 3 heterocycles. The number of hydrogen-bond acceptors (Lipinski definition) is 4. The first-order valence-electron chi connectivity index (χ1n) is 9.23. The molecule has 1 atom stereocenters. The quantitative estimate of drug-likeness (QED) is 0.848. The van der Waals surface area contributed by atoms with Crippen molar-refractivity contribution in [3.8, 4) is 0 Å². The van der Waals surface area contributed by atoms with Crippen molar-refractivity contribution in [3.05, 3.63) is 53.7 Å². The Bertz CT molecular complexity index is 904. The fraction of sp³-hybridized carbons (Fsp3) is 0.350. The van der Waals surface area contributed by atoms with Gasteiger partial charge in [0, 0.05) is 31.2 Å². The minimum Gasteiger partial charge on any atom is -0.459 e. The van der Waals surface area contributed by atoms with Gasteiger partial charge in [0.25, 0.3) is 5.91 Å². The number of nitrogens with zero attached hydrogens (tertiary/aromatic N) is 1. The number of fused-ring (bicyclic) bond motifs is 1. The lowest BCUT2D eigenvalue weighted by atomic mass is 9.89. The van der Waals surface area contributed by atoms with Crippen molar-refractivity contribution in [1.82, 2.24) is 10.2 Å².